The minimum absolute atomic E-state index is 0.0880. The molecule has 2 aromatic heterocycles. The summed E-state index contributed by atoms with van der Waals surface area (Å²) in [6, 6.07) is 20.0. The second-order valence-corrected chi connectivity index (χ2v) is 12.1. The Hall–Kier alpha value is -5.24. The molecule has 5 rings (SSSR count). The van der Waals surface area contributed by atoms with Crippen molar-refractivity contribution in [2.45, 2.75) is 42.0 Å². The van der Waals surface area contributed by atoms with Crippen LogP contribution in [0.15, 0.2) is 103 Å². The van der Waals surface area contributed by atoms with Gasteiger partial charge in [-0.25, -0.2) is 17.6 Å². The first-order valence-electron chi connectivity index (χ1n) is 14.5. The van der Waals surface area contributed by atoms with Crippen molar-refractivity contribution in [3.8, 4) is 11.6 Å². The summed E-state index contributed by atoms with van der Waals surface area (Å²) in [7, 11) is -4.19. The van der Waals surface area contributed by atoms with E-state index in [1.54, 1.807) is 36.4 Å². The number of ether oxygens (including phenoxy) is 2. The third-order valence-corrected chi connectivity index (χ3v) is 8.67. The maximum Gasteiger partial charge on any atom is 0.414 e. The van der Waals surface area contributed by atoms with Gasteiger partial charge in [0, 0.05) is 18.0 Å². The van der Waals surface area contributed by atoms with Crippen LogP contribution in [0.5, 0.6) is 11.6 Å². The lowest BCUT2D eigenvalue weighted by atomic mass is 10.1. The van der Waals surface area contributed by atoms with Crippen molar-refractivity contribution in [3.63, 3.8) is 0 Å². The molecule has 14 heteroatoms. The number of nitrogens with zero attached hydrogens (tertiary/aromatic N) is 2. The van der Waals surface area contributed by atoms with Gasteiger partial charge < -0.3 is 24.4 Å². The normalized spacial score (nSPS) is 11.4. The van der Waals surface area contributed by atoms with Gasteiger partial charge in [0.1, 0.15) is 22.7 Å². The van der Waals surface area contributed by atoms with Crippen molar-refractivity contribution in [1.82, 2.24) is 10.5 Å². The Morgan fingerprint density at radius 3 is 2.43 bits per heavy atom. The number of fused-ring (bicyclic) bond motifs is 1. The van der Waals surface area contributed by atoms with Gasteiger partial charge in [-0.05, 0) is 85.0 Å². The molecule has 46 heavy (non-hydrogen) atoms. The van der Waals surface area contributed by atoms with Gasteiger partial charge in [0.15, 0.2) is 0 Å². The Bertz CT molecular complexity index is 1960. The summed E-state index contributed by atoms with van der Waals surface area (Å²) < 4.78 is 59.7. The van der Waals surface area contributed by atoms with Crippen LogP contribution in [0.25, 0.3) is 11.0 Å². The summed E-state index contributed by atoms with van der Waals surface area (Å²) in [5.74, 6) is -0.776. The minimum atomic E-state index is -4.19. The van der Waals surface area contributed by atoms with E-state index in [9.17, 15) is 27.6 Å². The fourth-order valence-electron chi connectivity index (χ4n) is 4.56. The summed E-state index contributed by atoms with van der Waals surface area (Å²) in [6.07, 6.45) is 3.07. The van der Waals surface area contributed by atoms with Crippen LogP contribution in [-0.2, 0) is 16.3 Å². The van der Waals surface area contributed by atoms with Crippen molar-refractivity contribution < 1.29 is 41.0 Å². The zero-order valence-corrected chi connectivity index (χ0v) is 25.3. The molecule has 0 saturated heterocycles. The van der Waals surface area contributed by atoms with Gasteiger partial charge >= 0.3 is 16.5 Å². The summed E-state index contributed by atoms with van der Waals surface area (Å²) in [6.45, 7) is 0.769. The molecular weight excluding hydrogens is 621 g/mol. The number of unbranched alkanes of at least 4 members (excludes halogenated alkanes) is 2. The van der Waals surface area contributed by atoms with Gasteiger partial charge in [0.25, 0.3) is 15.7 Å². The number of aromatic nitrogens is 2. The summed E-state index contributed by atoms with van der Waals surface area (Å²) in [5, 5.41) is 18.0. The van der Waals surface area contributed by atoms with Gasteiger partial charge in [-0.2, -0.15) is 0 Å². The number of hydrogen-bond acceptors (Lipinski definition) is 10. The molecule has 5 aromatic rings. The second kappa shape index (κ2) is 14.7. The maximum absolute atomic E-state index is 13.0. The van der Waals surface area contributed by atoms with Crippen molar-refractivity contribution in [3.05, 3.63) is 111 Å². The van der Waals surface area contributed by atoms with Gasteiger partial charge in [0.05, 0.1) is 23.3 Å². The molecule has 0 aliphatic rings. The molecule has 0 fully saturated rings. The number of halogens is 1. The number of benzene rings is 3. The molecule has 0 aliphatic heterocycles. The highest BCUT2D eigenvalue weighted by atomic mass is 32.2. The van der Waals surface area contributed by atoms with Crippen molar-refractivity contribution in [2.24, 2.45) is 0 Å². The molecular formula is C32H30FN3O9S. The quantitative estimate of drug-likeness (QED) is 0.0976. The van der Waals surface area contributed by atoms with Crippen LogP contribution in [0.1, 0.15) is 41.6 Å². The lowest BCUT2D eigenvalue weighted by molar-refractivity contribution is -0.832. The lowest BCUT2D eigenvalue weighted by Gasteiger charge is -2.08. The molecule has 0 unspecified atom stereocenters. The van der Waals surface area contributed by atoms with E-state index in [4.69, 9.17) is 13.9 Å². The van der Waals surface area contributed by atoms with E-state index in [0.29, 0.717) is 56.4 Å². The van der Waals surface area contributed by atoms with E-state index in [0.717, 1.165) is 5.56 Å². The molecule has 0 spiro atoms. The molecule has 12 nitrogen and oxygen atoms in total. The molecule has 0 saturated carbocycles. The first-order valence-corrected chi connectivity index (χ1v) is 16.0. The predicted molar refractivity (Wildman–Crippen MR) is 162 cm³/mol. The first-order chi connectivity index (χ1) is 22.2. The molecule has 2 heterocycles. The fraction of sp³-hybridized carbons (Fsp3) is 0.250. The van der Waals surface area contributed by atoms with Crippen molar-refractivity contribution >= 4 is 26.7 Å². The zero-order chi connectivity index (χ0) is 32.5. The third kappa shape index (κ3) is 7.88. The number of carbonyl (C=O) groups excluding carboxylic acids is 1. The predicted octanol–water partition coefficient (Wildman–Crippen LogP) is 4.38. The number of rotatable bonds is 15. The molecule has 1 amide bonds. The first kappa shape index (κ1) is 32.2. The minimum Gasteiger partial charge on any atom is -0.493 e. The largest absolute Gasteiger partial charge is 0.493 e. The Kier molecular flexibility index (Phi) is 10.3. The number of carbonyl (C=O) groups is 1. The number of amides is 1. The van der Waals surface area contributed by atoms with Crippen LogP contribution < -0.4 is 25.3 Å². The van der Waals surface area contributed by atoms with E-state index in [-0.39, 0.29) is 33.4 Å². The number of nitrogens with one attached hydrogen (secondary N) is 1. The molecule has 0 bridgehead atoms. The van der Waals surface area contributed by atoms with Crippen LogP contribution in [0.4, 0.5) is 4.39 Å². The molecule has 1 N–H and O–H groups in total. The second-order valence-electron chi connectivity index (χ2n) is 10.2. The van der Waals surface area contributed by atoms with Crippen LogP contribution in [0.2, 0.25) is 0 Å². The van der Waals surface area contributed by atoms with E-state index in [1.165, 1.54) is 42.5 Å². The van der Waals surface area contributed by atoms with Crippen LogP contribution in [-0.4, -0.2) is 39.2 Å². The van der Waals surface area contributed by atoms with E-state index in [1.807, 2.05) is 0 Å². The van der Waals surface area contributed by atoms with Gasteiger partial charge in [-0.1, -0.05) is 30.3 Å². The Labute approximate surface area is 262 Å². The van der Waals surface area contributed by atoms with Crippen molar-refractivity contribution in [2.75, 3.05) is 19.8 Å². The average molecular weight is 652 g/mol. The molecule has 0 radical (unpaired) electrons. The number of sulfone groups is 1. The van der Waals surface area contributed by atoms with Gasteiger partial charge in [-0.3, -0.25) is 9.42 Å². The average Bonchev–Trinajstić information content (AvgIpc) is 3.44. The molecule has 0 aliphatic carbocycles. The van der Waals surface area contributed by atoms with Gasteiger partial charge in [0.2, 0.25) is 0 Å². The number of hydrogen-bond donors (Lipinski definition) is 1. The Morgan fingerprint density at radius 2 is 1.67 bits per heavy atom. The standard InChI is InChI=1S/C32H30FN3O9S/c33-24-14-11-22(12-15-24)8-7-17-34-29(37)27-20-23-13-16-25(21-28(23)44-32(27)38)42-18-5-2-6-19-43-30-31(36(39)45-35-30)46(40,41)26-9-3-1-4-10-26/h1,3-4,9-16,20-21H,2,5-8,17-19H2,(H,34,37). The molecule has 3 aromatic carbocycles. The SMILES string of the molecule is O=C(NCCCc1ccc(F)cc1)c1cc2ccc(OCCCCCOc3no[n+]([O-])c3S(=O)(=O)c3ccccc3)cc2oc1=O. The summed E-state index contributed by atoms with van der Waals surface area (Å²) in [4.78, 5) is 24.8. The number of aryl methyl sites for hydroxylation is 1. The zero-order valence-electron chi connectivity index (χ0n) is 24.5. The fourth-order valence-corrected chi connectivity index (χ4v) is 5.86. The van der Waals surface area contributed by atoms with Crippen LogP contribution >= 0.6 is 0 Å². The topological polar surface area (TPSA) is 165 Å². The van der Waals surface area contributed by atoms with Crippen LogP contribution in [0.3, 0.4) is 0 Å². The highest BCUT2D eigenvalue weighted by molar-refractivity contribution is 7.91. The summed E-state index contributed by atoms with van der Waals surface area (Å²) in [5.41, 5.74) is 0.344. The van der Waals surface area contributed by atoms with E-state index in [2.05, 4.69) is 15.1 Å². The summed E-state index contributed by atoms with van der Waals surface area (Å²) >= 11 is 0. The molecule has 240 valence electrons. The Balaban J connectivity index is 1.05. The lowest BCUT2D eigenvalue weighted by Crippen LogP contribution is -2.30. The maximum atomic E-state index is 13.0. The van der Waals surface area contributed by atoms with E-state index >= 15 is 0 Å². The van der Waals surface area contributed by atoms with E-state index < -0.39 is 32.3 Å². The van der Waals surface area contributed by atoms with Crippen LogP contribution in [0, 0.1) is 11.0 Å². The van der Waals surface area contributed by atoms with Gasteiger partial charge in [-0.15, -0.1) is 0 Å². The Morgan fingerprint density at radius 1 is 0.935 bits per heavy atom. The highest BCUT2D eigenvalue weighted by Crippen LogP contribution is 2.25. The monoisotopic (exact) mass is 651 g/mol. The van der Waals surface area contributed by atoms with Crippen molar-refractivity contribution in [1.29, 1.82) is 0 Å². The smallest absolute Gasteiger partial charge is 0.414 e. The highest BCUT2D eigenvalue weighted by Gasteiger charge is 2.35. The third-order valence-electron chi connectivity index (χ3n) is 6.94. The molecule has 0 atom stereocenters.